The van der Waals surface area contributed by atoms with Crippen molar-refractivity contribution in [2.24, 2.45) is 5.92 Å². The van der Waals surface area contributed by atoms with E-state index in [1.165, 1.54) is 11.3 Å². The van der Waals surface area contributed by atoms with E-state index in [4.69, 9.17) is 4.74 Å². The summed E-state index contributed by atoms with van der Waals surface area (Å²) in [5, 5.41) is 1.80. The van der Waals surface area contributed by atoms with Crippen molar-refractivity contribution in [3.05, 3.63) is 51.7 Å². The van der Waals surface area contributed by atoms with Crippen molar-refractivity contribution < 1.29 is 19.1 Å². The summed E-state index contributed by atoms with van der Waals surface area (Å²) in [5.41, 5.74) is 2.85. The molecule has 0 bridgehead atoms. The fourth-order valence-corrected chi connectivity index (χ4v) is 3.73. The second-order valence-electron chi connectivity index (χ2n) is 6.15. The molecule has 1 aliphatic heterocycles. The van der Waals surface area contributed by atoms with Gasteiger partial charge in [0, 0.05) is 18.7 Å². The Morgan fingerprint density at radius 2 is 1.92 bits per heavy atom. The maximum atomic E-state index is 12.4. The Kier molecular flexibility index (Phi) is 4.99. The van der Waals surface area contributed by atoms with Crippen molar-refractivity contribution in [3.63, 3.8) is 0 Å². The number of aryl methyl sites for hydroxylation is 2. The fourth-order valence-electron chi connectivity index (χ4n) is 3.08. The first-order chi connectivity index (χ1) is 12.0. The number of para-hydroxylation sites is 1. The molecule has 0 radical (unpaired) electrons. The summed E-state index contributed by atoms with van der Waals surface area (Å²) in [4.78, 5) is 38.8. The molecule has 6 heteroatoms. The fraction of sp³-hybridized carbons (Fsp3) is 0.316. The first-order valence-corrected chi connectivity index (χ1v) is 8.95. The molecule has 1 aromatic carbocycles. The molecule has 1 atom stereocenters. The zero-order valence-corrected chi connectivity index (χ0v) is 15.0. The first kappa shape index (κ1) is 17.4. The number of hydrogen-bond donors (Lipinski definition) is 0. The van der Waals surface area contributed by atoms with Gasteiger partial charge in [0.25, 0.3) is 0 Å². The maximum absolute atomic E-state index is 12.4. The van der Waals surface area contributed by atoms with Crippen LogP contribution in [-0.4, -0.2) is 30.8 Å². The molecule has 1 saturated heterocycles. The van der Waals surface area contributed by atoms with Gasteiger partial charge >= 0.3 is 5.97 Å². The Labute approximate surface area is 150 Å². The van der Waals surface area contributed by atoms with E-state index in [1.807, 2.05) is 32.0 Å². The number of anilines is 1. The highest BCUT2D eigenvalue weighted by Crippen LogP contribution is 2.31. The summed E-state index contributed by atoms with van der Waals surface area (Å²) < 4.78 is 5.14. The normalized spacial score (nSPS) is 17.0. The van der Waals surface area contributed by atoms with Gasteiger partial charge in [0.05, 0.1) is 10.8 Å². The predicted molar refractivity (Wildman–Crippen MR) is 96.0 cm³/mol. The van der Waals surface area contributed by atoms with Crippen LogP contribution in [-0.2, 0) is 14.3 Å². The number of amides is 1. The van der Waals surface area contributed by atoms with Gasteiger partial charge in [-0.05, 0) is 36.4 Å². The highest BCUT2D eigenvalue weighted by Gasteiger charge is 2.37. The van der Waals surface area contributed by atoms with Gasteiger partial charge in [-0.1, -0.05) is 24.3 Å². The lowest BCUT2D eigenvalue weighted by Crippen LogP contribution is -2.28. The molecule has 130 valence electrons. The Balaban J connectivity index is 1.64. The van der Waals surface area contributed by atoms with Gasteiger partial charge in [-0.3, -0.25) is 14.4 Å². The van der Waals surface area contributed by atoms with Gasteiger partial charge in [0.2, 0.25) is 11.7 Å². The highest BCUT2D eigenvalue weighted by atomic mass is 32.1. The third-order valence-electron chi connectivity index (χ3n) is 4.31. The van der Waals surface area contributed by atoms with Crippen LogP contribution in [0.15, 0.2) is 35.7 Å². The molecule has 2 heterocycles. The molecule has 3 rings (SSSR count). The molecule has 0 aliphatic carbocycles. The van der Waals surface area contributed by atoms with Crippen LogP contribution in [0.2, 0.25) is 0 Å². The summed E-state index contributed by atoms with van der Waals surface area (Å²) >= 11 is 1.31. The van der Waals surface area contributed by atoms with E-state index in [-0.39, 0.29) is 31.3 Å². The molecule has 0 saturated carbocycles. The van der Waals surface area contributed by atoms with Crippen molar-refractivity contribution in [2.75, 3.05) is 18.1 Å². The summed E-state index contributed by atoms with van der Waals surface area (Å²) in [7, 11) is 0. The number of ether oxygens (including phenoxy) is 1. The zero-order valence-electron chi connectivity index (χ0n) is 14.2. The number of hydrogen-bond acceptors (Lipinski definition) is 5. The summed E-state index contributed by atoms with van der Waals surface area (Å²) in [6, 6.07) is 9.30. The lowest BCUT2D eigenvalue weighted by molar-refractivity contribution is -0.147. The first-order valence-electron chi connectivity index (χ1n) is 8.07. The quantitative estimate of drug-likeness (QED) is 0.609. The van der Waals surface area contributed by atoms with Gasteiger partial charge in [-0.25, -0.2) is 0 Å². The van der Waals surface area contributed by atoms with Gasteiger partial charge in [0.15, 0.2) is 6.61 Å². The smallest absolute Gasteiger partial charge is 0.311 e. The number of carbonyl (C=O) groups is 3. The third-order valence-corrected chi connectivity index (χ3v) is 5.22. The van der Waals surface area contributed by atoms with Gasteiger partial charge in [-0.2, -0.15) is 0 Å². The van der Waals surface area contributed by atoms with Crippen LogP contribution >= 0.6 is 11.3 Å². The number of thiophene rings is 1. The van der Waals surface area contributed by atoms with Crippen LogP contribution in [0.25, 0.3) is 0 Å². The monoisotopic (exact) mass is 357 g/mol. The second kappa shape index (κ2) is 7.19. The SMILES string of the molecule is Cc1cccc(C)c1N1C[C@@H](C(=O)OCC(=O)c2cccs2)CC1=O. The predicted octanol–water partition coefficient (Wildman–Crippen LogP) is 3.14. The lowest BCUT2D eigenvalue weighted by atomic mass is 10.1. The number of carbonyl (C=O) groups excluding carboxylic acids is 3. The van der Waals surface area contributed by atoms with E-state index in [0.29, 0.717) is 4.88 Å². The maximum Gasteiger partial charge on any atom is 0.311 e. The number of esters is 1. The van der Waals surface area contributed by atoms with Gasteiger partial charge < -0.3 is 9.64 Å². The van der Waals surface area contributed by atoms with E-state index in [9.17, 15) is 14.4 Å². The molecule has 0 unspecified atom stereocenters. The number of rotatable bonds is 5. The van der Waals surface area contributed by atoms with E-state index in [1.54, 1.807) is 22.4 Å². The summed E-state index contributed by atoms with van der Waals surface area (Å²) in [5.74, 6) is -1.35. The molecular formula is C19H19NO4S. The molecule has 5 nitrogen and oxygen atoms in total. The third kappa shape index (κ3) is 3.64. The van der Waals surface area contributed by atoms with Crippen LogP contribution in [0.5, 0.6) is 0 Å². The number of ketones is 1. The Morgan fingerprint density at radius 1 is 1.20 bits per heavy atom. The van der Waals surface area contributed by atoms with Crippen LogP contribution in [0.4, 0.5) is 5.69 Å². The number of Topliss-reactive ketones (excluding diaryl/α,β-unsaturated/α-hetero) is 1. The molecule has 1 aliphatic rings. The van der Waals surface area contributed by atoms with E-state index in [2.05, 4.69) is 0 Å². The molecule has 2 aromatic rings. The van der Waals surface area contributed by atoms with Crippen LogP contribution in [0.3, 0.4) is 0 Å². The second-order valence-corrected chi connectivity index (χ2v) is 7.10. The van der Waals surface area contributed by atoms with Crippen LogP contribution in [0, 0.1) is 19.8 Å². The molecule has 1 aromatic heterocycles. The average Bonchev–Trinajstić information content (AvgIpc) is 3.23. The van der Waals surface area contributed by atoms with E-state index >= 15 is 0 Å². The summed E-state index contributed by atoms with van der Waals surface area (Å²) in [6.07, 6.45) is 0.111. The lowest BCUT2D eigenvalue weighted by Gasteiger charge is -2.21. The minimum Gasteiger partial charge on any atom is -0.457 e. The summed E-state index contributed by atoms with van der Waals surface area (Å²) in [6.45, 7) is 3.89. The van der Waals surface area contributed by atoms with Crippen molar-refractivity contribution >= 4 is 34.7 Å². The van der Waals surface area contributed by atoms with Gasteiger partial charge in [0.1, 0.15) is 0 Å². The van der Waals surface area contributed by atoms with Crippen molar-refractivity contribution in [1.29, 1.82) is 0 Å². The molecule has 0 spiro atoms. The molecule has 0 N–H and O–H groups in total. The topological polar surface area (TPSA) is 63.7 Å². The van der Waals surface area contributed by atoms with E-state index < -0.39 is 11.9 Å². The Bertz CT molecular complexity index is 793. The number of benzene rings is 1. The minimum absolute atomic E-state index is 0.0936. The Morgan fingerprint density at radius 3 is 2.56 bits per heavy atom. The van der Waals surface area contributed by atoms with Crippen molar-refractivity contribution in [3.8, 4) is 0 Å². The average molecular weight is 357 g/mol. The van der Waals surface area contributed by atoms with Crippen LogP contribution < -0.4 is 4.90 Å². The standard InChI is InChI=1S/C19H19NO4S/c1-12-5-3-6-13(2)18(12)20-10-14(9-17(20)22)19(23)24-11-15(21)16-7-4-8-25-16/h3-8,14H,9-11H2,1-2H3/t14-/m0/s1. The van der Waals surface area contributed by atoms with Crippen molar-refractivity contribution in [2.45, 2.75) is 20.3 Å². The highest BCUT2D eigenvalue weighted by molar-refractivity contribution is 7.12. The Hall–Kier alpha value is -2.47. The largest absolute Gasteiger partial charge is 0.457 e. The number of nitrogens with zero attached hydrogens (tertiary/aromatic N) is 1. The van der Waals surface area contributed by atoms with E-state index in [0.717, 1.165) is 16.8 Å². The molecule has 1 fully saturated rings. The molecular weight excluding hydrogens is 338 g/mol. The van der Waals surface area contributed by atoms with Crippen molar-refractivity contribution in [1.82, 2.24) is 0 Å². The van der Waals surface area contributed by atoms with Crippen LogP contribution in [0.1, 0.15) is 27.2 Å². The zero-order chi connectivity index (χ0) is 18.0. The molecule has 25 heavy (non-hydrogen) atoms. The minimum atomic E-state index is -0.539. The van der Waals surface area contributed by atoms with Gasteiger partial charge in [-0.15, -0.1) is 11.3 Å². The molecule has 1 amide bonds.